The van der Waals surface area contributed by atoms with E-state index in [4.69, 9.17) is 11.6 Å². The van der Waals surface area contributed by atoms with Crippen LogP contribution >= 0.6 is 11.6 Å². The summed E-state index contributed by atoms with van der Waals surface area (Å²) in [7, 11) is 0. The molecule has 9 heteroatoms. The van der Waals surface area contributed by atoms with Gasteiger partial charge in [0.2, 0.25) is 0 Å². The van der Waals surface area contributed by atoms with Gasteiger partial charge >= 0.3 is 6.18 Å². The van der Waals surface area contributed by atoms with E-state index in [-0.39, 0.29) is 11.1 Å². The number of nitrogens with zero attached hydrogens (tertiary/aromatic N) is 4. The number of carbonyl (C=O) groups excluding carboxylic acids is 1. The molecule has 0 saturated carbocycles. The van der Waals surface area contributed by atoms with Gasteiger partial charge in [0.15, 0.2) is 0 Å². The van der Waals surface area contributed by atoms with Crippen molar-refractivity contribution in [3.8, 4) is 11.3 Å². The van der Waals surface area contributed by atoms with Gasteiger partial charge in [0.25, 0.3) is 5.91 Å². The number of alkyl halides is 3. The molecule has 0 bridgehead atoms. The summed E-state index contributed by atoms with van der Waals surface area (Å²) in [6.07, 6.45) is -0.0245. The summed E-state index contributed by atoms with van der Waals surface area (Å²) in [4.78, 5) is 18.1. The lowest BCUT2D eigenvalue weighted by atomic mass is 10.1. The molecule has 0 radical (unpaired) electrons. The molecule has 1 saturated heterocycles. The maximum atomic E-state index is 12.9. The lowest BCUT2D eigenvalue weighted by Crippen LogP contribution is -2.35. The minimum atomic E-state index is -4.58. The summed E-state index contributed by atoms with van der Waals surface area (Å²) in [5.41, 5.74) is 0.736. The first-order chi connectivity index (χ1) is 13.4. The standard InChI is InChI=1S/C19H16ClF3N4O/c20-17-12(7-8-16(25-17)19(21,22)23)14-5-4-6-15-13(11-24-27(14)15)18(28)26-9-2-1-3-10-26/h4-8,11H,1-3,9-10H2. The van der Waals surface area contributed by atoms with Crippen molar-refractivity contribution >= 4 is 23.0 Å². The number of pyridine rings is 2. The third kappa shape index (κ3) is 3.32. The molecule has 1 fully saturated rings. The minimum absolute atomic E-state index is 0.0940. The van der Waals surface area contributed by atoms with E-state index in [2.05, 4.69) is 10.1 Å². The van der Waals surface area contributed by atoms with Crippen molar-refractivity contribution in [3.05, 3.63) is 52.9 Å². The van der Waals surface area contributed by atoms with Gasteiger partial charge in [-0.15, -0.1) is 0 Å². The molecule has 1 aliphatic rings. The van der Waals surface area contributed by atoms with E-state index in [1.165, 1.54) is 16.8 Å². The lowest BCUT2D eigenvalue weighted by Gasteiger charge is -2.26. The zero-order chi connectivity index (χ0) is 19.9. The van der Waals surface area contributed by atoms with Crippen molar-refractivity contribution in [2.24, 2.45) is 0 Å². The van der Waals surface area contributed by atoms with Crippen LogP contribution in [0.15, 0.2) is 36.5 Å². The van der Waals surface area contributed by atoms with E-state index < -0.39 is 11.9 Å². The van der Waals surface area contributed by atoms with Crippen LogP contribution in [0.25, 0.3) is 16.8 Å². The highest BCUT2D eigenvalue weighted by Crippen LogP contribution is 2.33. The van der Waals surface area contributed by atoms with E-state index in [9.17, 15) is 18.0 Å². The highest BCUT2D eigenvalue weighted by atomic mass is 35.5. The molecule has 4 heterocycles. The second kappa shape index (κ2) is 7.09. The SMILES string of the molecule is O=C(c1cnn2c(-c3ccc(C(F)(F)F)nc3Cl)cccc12)N1CCCCC1. The number of fused-ring (bicyclic) bond motifs is 1. The highest BCUT2D eigenvalue weighted by molar-refractivity contribution is 6.32. The smallest absolute Gasteiger partial charge is 0.339 e. The van der Waals surface area contributed by atoms with E-state index >= 15 is 0 Å². The monoisotopic (exact) mass is 408 g/mol. The first-order valence-corrected chi connectivity index (χ1v) is 9.24. The largest absolute Gasteiger partial charge is 0.433 e. The number of hydrogen-bond acceptors (Lipinski definition) is 3. The number of rotatable bonds is 2. The van der Waals surface area contributed by atoms with Gasteiger partial charge in [-0.1, -0.05) is 17.7 Å². The fraction of sp³-hybridized carbons (Fsp3) is 0.316. The summed E-state index contributed by atoms with van der Waals surface area (Å²) in [6, 6.07) is 7.28. The van der Waals surface area contributed by atoms with Crippen molar-refractivity contribution in [2.45, 2.75) is 25.4 Å². The Hall–Kier alpha value is -2.61. The molecule has 0 atom stereocenters. The second-order valence-corrected chi connectivity index (χ2v) is 7.01. The Morgan fingerprint density at radius 3 is 2.50 bits per heavy atom. The van der Waals surface area contributed by atoms with Crippen molar-refractivity contribution in [2.75, 3.05) is 13.1 Å². The van der Waals surface area contributed by atoms with E-state index in [1.54, 1.807) is 23.1 Å². The minimum Gasteiger partial charge on any atom is -0.339 e. The van der Waals surface area contributed by atoms with Crippen LogP contribution in [0.3, 0.4) is 0 Å². The van der Waals surface area contributed by atoms with Crippen LogP contribution in [0, 0.1) is 0 Å². The molecule has 0 spiro atoms. The Morgan fingerprint density at radius 1 is 1.07 bits per heavy atom. The lowest BCUT2D eigenvalue weighted by molar-refractivity contribution is -0.141. The Morgan fingerprint density at radius 2 is 1.82 bits per heavy atom. The Kier molecular flexibility index (Phi) is 4.74. The zero-order valence-corrected chi connectivity index (χ0v) is 15.5. The molecule has 28 heavy (non-hydrogen) atoms. The molecule has 5 nitrogen and oxygen atoms in total. The van der Waals surface area contributed by atoms with E-state index in [0.717, 1.165) is 25.3 Å². The number of hydrogen-bond donors (Lipinski definition) is 0. The molecule has 3 aromatic heterocycles. The van der Waals surface area contributed by atoms with Gasteiger partial charge in [0.1, 0.15) is 10.8 Å². The number of halogens is 4. The average molecular weight is 409 g/mol. The van der Waals surface area contributed by atoms with Gasteiger partial charge in [-0.25, -0.2) is 9.50 Å². The van der Waals surface area contributed by atoms with Crippen molar-refractivity contribution in [3.63, 3.8) is 0 Å². The highest BCUT2D eigenvalue weighted by Gasteiger charge is 2.33. The Bertz CT molecular complexity index is 1040. The quantitative estimate of drug-likeness (QED) is 0.578. The predicted octanol–water partition coefficient (Wildman–Crippen LogP) is 4.69. The van der Waals surface area contributed by atoms with E-state index in [1.807, 2.05) is 0 Å². The predicted molar refractivity (Wildman–Crippen MR) is 98.2 cm³/mol. The van der Waals surface area contributed by atoms with Crippen molar-refractivity contribution in [1.29, 1.82) is 0 Å². The van der Waals surface area contributed by atoms with Crippen LogP contribution < -0.4 is 0 Å². The zero-order valence-electron chi connectivity index (χ0n) is 14.7. The second-order valence-electron chi connectivity index (χ2n) is 6.65. The van der Waals surface area contributed by atoms with Gasteiger partial charge in [-0.3, -0.25) is 4.79 Å². The van der Waals surface area contributed by atoms with Crippen LogP contribution in [0.1, 0.15) is 35.3 Å². The molecular formula is C19H16ClF3N4O. The average Bonchev–Trinajstić information content (AvgIpc) is 3.11. The van der Waals surface area contributed by atoms with Crippen LogP contribution in [0.5, 0.6) is 0 Å². The van der Waals surface area contributed by atoms with Crippen LogP contribution in [0.4, 0.5) is 13.2 Å². The van der Waals surface area contributed by atoms with Crippen LogP contribution in [-0.2, 0) is 6.18 Å². The molecule has 0 aromatic carbocycles. The number of piperidine rings is 1. The maximum absolute atomic E-state index is 12.9. The maximum Gasteiger partial charge on any atom is 0.433 e. The van der Waals surface area contributed by atoms with Gasteiger partial charge in [0, 0.05) is 18.7 Å². The molecule has 0 aliphatic carbocycles. The molecule has 4 rings (SSSR count). The summed E-state index contributed by atoms with van der Waals surface area (Å²) in [5.74, 6) is -0.0940. The van der Waals surface area contributed by atoms with Gasteiger partial charge in [0.05, 0.1) is 23.0 Å². The Labute approximate surface area is 163 Å². The van der Waals surface area contributed by atoms with Crippen molar-refractivity contribution in [1.82, 2.24) is 19.5 Å². The fourth-order valence-electron chi connectivity index (χ4n) is 3.43. The molecule has 0 unspecified atom stereocenters. The van der Waals surface area contributed by atoms with E-state index in [0.29, 0.717) is 35.4 Å². The number of carbonyl (C=O) groups is 1. The summed E-state index contributed by atoms with van der Waals surface area (Å²) < 4.78 is 40.0. The summed E-state index contributed by atoms with van der Waals surface area (Å²) in [5, 5.41) is 4.01. The summed E-state index contributed by atoms with van der Waals surface area (Å²) >= 11 is 6.03. The van der Waals surface area contributed by atoms with Crippen LogP contribution in [-0.4, -0.2) is 38.5 Å². The Balaban J connectivity index is 1.76. The number of aromatic nitrogens is 3. The summed E-state index contributed by atoms with van der Waals surface area (Å²) in [6.45, 7) is 1.43. The molecule has 146 valence electrons. The van der Waals surface area contributed by atoms with Gasteiger partial charge in [-0.05, 0) is 43.5 Å². The fourth-order valence-corrected chi connectivity index (χ4v) is 3.68. The third-order valence-electron chi connectivity index (χ3n) is 4.83. The molecule has 0 N–H and O–H groups in total. The van der Waals surface area contributed by atoms with Gasteiger partial charge in [-0.2, -0.15) is 18.3 Å². The third-order valence-corrected chi connectivity index (χ3v) is 5.12. The first-order valence-electron chi connectivity index (χ1n) is 8.86. The van der Waals surface area contributed by atoms with Crippen molar-refractivity contribution < 1.29 is 18.0 Å². The first kappa shape index (κ1) is 18.7. The molecular weight excluding hydrogens is 393 g/mol. The number of likely N-dealkylation sites (tertiary alicyclic amines) is 1. The molecule has 1 amide bonds. The molecule has 3 aromatic rings. The number of amides is 1. The molecule has 1 aliphatic heterocycles. The topological polar surface area (TPSA) is 50.5 Å². The van der Waals surface area contributed by atoms with Gasteiger partial charge < -0.3 is 4.90 Å². The normalized spacial score (nSPS) is 15.2. The van der Waals surface area contributed by atoms with Crippen LogP contribution in [0.2, 0.25) is 5.15 Å².